The molecule has 3 rings (SSSR count). The number of thiazole rings is 1. The molecule has 1 aliphatic rings. The van der Waals surface area contributed by atoms with E-state index in [1.165, 1.54) is 16.1 Å². The van der Waals surface area contributed by atoms with Crippen molar-refractivity contribution in [3.05, 3.63) is 38.5 Å². The summed E-state index contributed by atoms with van der Waals surface area (Å²) in [4.78, 5) is 8.34. The van der Waals surface area contributed by atoms with Crippen LogP contribution in [-0.4, -0.2) is 16.4 Å². The predicted octanol–water partition coefficient (Wildman–Crippen LogP) is 2.76. The molecule has 0 unspecified atom stereocenters. The van der Waals surface area contributed by atoms with Crippen molar-refractivity contribution in [2.45, 2.75) is 19.5 Å². The Morgan fingerprint density at radius 2 is 2.47 bits per heavy atom. The summed E-state index contributed by atoms with van der Waals surface area (Å²) in [5.41, 5.74) is 4.73. The van der Waals surface area contributed by atoms with E-state index in [-0.39, 0.29) is 0 Å². The van der Waals surface area contributed by atoms with Gasteiger partial charge in [0.05, 0.1) is 11.2 Å². The highest BCUT2D eigenvalue weighted by Gasteiger charge is 2.18. The van der Waals surface area contributed by atoms with Gasteiger partial charge in [0.25, 0.3) is 0 Å². The SMILES string of the molecule is c1cc(CN2CCc3ncsc3C2)cs1. The lowest BCUT2D eigenvalue weighted by atomic mass is 10.1. The van der Waals surface area contributed by atoms with Crippen LogP contribution in [0, 0.1) is 0 Å². The Labute approximate surface area is 97.2 Å². The Morgan fingerprint density at radius 1 is 1.47 bits per heavy atom. The molecule has 2 aromatic heterocycles. The van der Waals surface area contributed by atoms with Gasteiger partial charge in [-0.1, -0.05) is 0 Å². The number of nitrogens with zero attached hydrogens (tertiary/aromatic N) is 2. The summed E-state index contributed by atoms with van der Waals surface area (Å²) in [7, 11) is 0. The van der Waals surface area contributed by atoms with Crippen molar-refractivity contribution in [3.63, 3.8) is 0 Å². The topological polar surface area (TPSA) is 16.1 Å². The van der Waals surface area contributed by atoms with Crippen LogP contribution < -0.4 is 0 Å². The zero-order valence-corrected chi connectivity index (χ0v) is 9.98. The standard InChI is InChI=1S/C11H12N2S2/c1-3-13(5-9-2-4-14-7-9)6-11-10(1)12-8-15-11/h2,4,7-8H,1,3,5-6H2. The summed E-state index contributed by atoms with van der Waals surface area (Å²) in [6.45, 7) is 3.31. The Bertz CT molecular complexity index is 433. The lowest BCUT2D eigenvalue weighted by molar-refractivity contribution is 0.247. The monoisotopic (exact) mass is 236 g/mol. The van der Waals surface area contributed by atoms with E-state index in [0.717, 1.165) is 26.1 Å². The Morgan fingerprint density at radius 3 is 3.33 bits per heavy atom. The molecule has 0 radical (unpaired) electrons. The van der Waals surface area contributed by atoms with E-state index in [4.69, 9.17) is 0 Å². The molecule has 1 aliphatic heterocycles. The summed E-state index contributed by atoms with van der Waals surface area (Å²) in [5, 5.41) is 4.39. The molecule has 0 saturated carbocycles. The van der Waals surface area contributed by atoms with Gasteiger partial charge >= 0.3 is 0 Å². The largest absolute Gasteiger partial charge is 0.294 e. The third kappa shape index (κ3) is 1.97. The number of aromatic nitrogens is 1. The van der Waals surface area contributed by atoms with Crippen LogP contribution >= 0.6 is 22.7 Å². The molecule has 0 aromatic carbocycles. The fourth-order valence-electron chi connectivity index (χ4n) is 1.95. The molecule has 3 heterocycles. The van der Waals surface area contributed by atoms with Gasteiger partial charge < -0.3 is 0 Å². The average molecular weight is 236 g/mol. The first kappa shape index (κ1) is 9.51. The van der Waals surface area contributed by atoms with Gasteiger partial charge in [-0.15, -0.1) is 11.3 Å². The van der Waals surface area contributed by atoms with Crippen LogP contribution in [0.25, 0.3) is 0 Å². The second-order valence-electron chi connectivity index (χ2n) is 3.81. The normalized spacial score (nSPS) is 16.5. The third-order valence-electron chi connectivity index (χ3n) is 2.74. The molecular formula is C11H12N2S2. The summed E-state index contributed by atoms with van der Waals surface area (Å²) < 4.78 is 0. The minimum Gasteiger partial charge on any atom is -0.294 e. The van der Waals surface area contributed by atoms with Crippen LogP contribution in [0.3, 0.4) is 0 Å². The molecule has 15 heavy (non-hydrogen) atoms. The number of fused-ring (bicyclic) bond motifs is 1. The van der Waals surface area contributed by atoms with Crippen LogP contribution in [0.2, 0.25) is 0 Å². The number of rotatable bonds is 2. The van der Waals surface area contributed by atoms with Gasteiger partial charge in [-0.25, -0.2) is 4.98 Å². The molecule has 0 saturated heterocycles. The van der Waals surface area contributed by atoms with Gasteiger partial charge in [0.15, 0.2) is 0 Å². The van der Waals surface area contributed by atoms with Crippen molar-refractivity contribution < 1.29 is 0 Å². The lowest BCUT2D eigenvalue weighted by Gasteiger charge is -2.25. The zero-order valence-electron chi connectivity index (χ0n) is 8.35. The average Bonchev–Trinajstić information content (AvgIpc) is 2.87. The second-order valence-corrected chi connectivity index (χ2v) is 5.53. The molecule has 0 amide bonds. The van der Waals surface area contributed by atoms with Crippen LogP contribution in [0.4, 0.5) is 0 Å². The minimum absolute atomic E-state index is 1.08. The van der Waals surface area contributed by atoms with Gasteiger partial charge in [-0.2, -0.15) is 11.3 Å². The van der Waals surface area contributed by atoms with Crippen molar-refractivity contribution in [1.82, 2.24) is 9.88 Å². The fraction of sp³-hybridized carbons (Fsp3) is 0.364. The Kier molecular flexibility index (Phi) is 2.56. The number of thiophene rings is 1. The van der Waals surface area contributed by atoms with Gasteiger partial charge in [-0.3, -0.25) is 4.90 Å². The number of hydrogen-bond donors (Lipinski definition) is 0. The van der Waals surface area contributed by atoms with Crippen molar-refractivity contribution in [1.29, 1.82) is 0 Å². The summed E-state index contributed by atoms with van der Waals surface area (Å²) in [6.07, 6.45) is 1.11. The summed E-state index contributed by atoms with van der Waals surface area (Å²) in [6, 6.07) is 2.22. The predicted molar refractivity (Wildman–Crippen MR) is 64.3 cm³/mol. The molecular weight excluding hydrogens is 224 g/mol. The quantitative estimate of drug-likeness (QED) is 0.797. The smallest absolute Gasteiger partial charge is 0.0798 e. The van der Waals surface area contributed by atoms with Gasteiger partial charge in [-0.05, 0) is 22.4 Å². The molecule has 0 N–H and O–H groups in total. The first-order valence-corrected chi connectivity index (χ1v) is 6.89. The molecule has 0 fully saturated rings. The highest BCUT2D eigenvalue weighted by molar-refractivity contribution is 7.09. The molecule has 2 nitrogen and oxygen atoms in total. The molecule has 0 aliphatic carbocycles. The summed E-state index contributed by atoms with van der Waals surface area (Å²) in [5.74, 6) is 0. The van der Waals surface area contributed by atoms with Crippen molar-refractivity contribution in [2.24, 2.45) is 0 Å². The molecule has 0 spiro atoms. The number of hydrogen-bond acceptors (Lipinski definition) is 4. The zero-order chi connectivity index (χ0) is 10.1. The highest BCUT2D eigenvalue weighted by Crippen LogP contribution is 2.23. The maximum atomic E-state index is 4.38. The van der Waals surface area contributed by atoms with Crippen molar-refractivity contribution in [3.8, 4) is 0 Å². The molecule has 4 heteroatoms. The lowest BCUT2D eigenvalue weighted by Crippen LogP contribution is -2.29. The molecule has 2 aromatic rings. The Hall–Kier alpha value is -0.710. The maximum Gasteiger partial charge on any atom is 0.0798 e. The summed E-state index contributed by atoms with van der Waals surface area (Å²) >= 11 is 3.57. The third-order valence-corrected chi connectivity index (χ3v) is 4.34. The van der Waals surface area contributed by atoms with Crippen LogP contribution in [0.1, 0.15) is 16.1 Å². The van der Waals surface area contributed by atoms with Crippen molar-refractivity contribution in [2.75, 3.05) is 6.54 Å². The van der Waals surface area contributed by atoms with Crippen LogP contribution in [0.5, 0.6) is 0 Å². The molecule has 0 atom stereocenters. The first-order chi connectivity index (χ1) is 7.42. The van der Waals surface area contributed by atoms with E-state index in [1.54, 1.807) is 22.7 Å². The molecule has 78 valence electrons. The second kappa shape index (κ2) is 4.04. The van der Waals surface area contributed by atoms with E-state index in [9.17, 15) is 0 Å². The Balaban J connectivity index is 1.71. The van der Waals surface area contributed by atoms with Crippen LogP contribution in [-0.2, 0) is 19.5 Å². The van der Waals surface area contributed by atoms with E-state index < -0.39 is 0 Å². The van der Waals surface area contributed by atoms with E-state index in [0.29, 0.717) is 0 Å². The first-order valence-electron chi connectivity index (χ1n) is 5.06. The minimum atomic E-state index is 1.08. The fourth-order valence-corrected chi connectivity index (χ4v) is 3.46. The van der Waals surface area contributed by atoms with E-state index in [1.807, 2.05) is 5.51 Å². The molecule has 0 bridgehead atoms. The van der Waals surface area contributed by atoms with Crippen molar-refractivity contribution >= 4 is 22.7 Å². The highest BCUT2D eigenvalue weighted by atomic mass is 32.1. The van der Waals surface area contributed by atoms with E-state index >= 15 is 0 Å². The van der Waals surface area contributed by atoms with Gasteiger partial charge in [0.2, 0.25) is 0 Å². The van der Waals surface area contributed by atoms with E-state index in [2.05, 4.69) is 26.7 Å². The van der Waals surface area contributed by atoms with Crippen LogP contribution in [0.15, 0.2) is 22.3 Å². The maximum absolute atomic E-state index is 4.38. The van der Waals surface area contributed by atoms with Gasteiger partial charge in [0.1, 0.15) is 0 Å². The van der Waals surface area contributed by atoms with Gasteiger partial charge in [0, 0.05) is 30.9 Å².